The summed E-state index contributed by atoms with van der Waals surface area (Å²) < 4.78 is 35.7. The molecule has 0 amide bonds. The van der Waals surface area contributed by atoms with Crippen LogP contribution >= 0.6 is 0 Å². The molecule has 7 nitrogen and oxygen atoms in total. The normalized spacial score (nSPS) is 11.8. The molecule has 0 spiro atoms. The first-order valence-electron chi connectivity index (χ1n) is 20.7. The predicted octanol–water partition coefficient (Wildman–Crippen LogP) is 5.06. The summed E-state index contributed by atoms with van der Waals surface area (Å²) in [7, 11) is 0. The molecule has 0 fully saturated rings. The van der Waals surface area contributed by atoms with Crippen molar-refractivity contribution < 1.29 is 61.1 Å². The largest absolute Gasteiger partial charge is 1.00 e. The summed E-state index contributed by atoms with van der Waals surface area (Å²) in [6.07, 6.45) is 0.696. The van der Waals surface area contributed by atoms with E-state index in [2.05, 4.69) is 94.7 Å². The van der Waals surface area contributed by atoms with Gasteiger partial charge in [0.05, 0.1) is 0 Å². The van der Waals surface area contributed by atoms with Gasteiger partial charge in [-0.15, -0.1) is 0 Å². The van der Waals surface area contributed by atoms with E-state index in [9.17, 15) is 8.76 Å². The Morgan fingerprint density at radius 1 is 0.541 bits per heavy atom. The fraction of sp³-hybridized carbons (Fsp3) is 0.294. The molecule has 0 aliphatic heterocycles. The second-order valence-corrected chi connectivity index (χ2v) is 16.2. The van der Waals surface area contributed by atoms with E-state index in [1.54, 1.807) is 19.1 Å². The van der Waals surface area contributed by atoms with E-state index in [4.69, 9.17) is 9.47 Å². The van der Waals surface area contributed by atoms with E-state index in [-0.39, 0.29) is 48.0 Å². The summed E-state index contributed by atoms with van der Waals surface area (Å²) in [5.41, 5.74) is 6.04. The topological polar surface area (TPSA) is 88.1 Å². The monoisotopic (exact) mass is 822 g/mol. The van der Waals surface area contributed by atoms with Crippen molar-refractivity contribution in [2.75, 3.05) is 36.0 Å². The minimum atomic E-state index is -2.34. The third kappa shape index (κ3) is 10.9. The minimum Gasteiger partial charge on any atom is -0.839 e. The average molecular weight is 823 g/mol. The van der Waals surface area contributed by atoms with E-state index >= 15 is 5.11 Å². The number of anilines is 2. The molecule has 6 rings (SSSR count). The summed E-state index contributed by atoms with van der Waals surface area (Å²) in [6, 6.07) is 43.1. The van der Waals surface area contributed by atoms with Gasteiger partial charge < -0.3 is 28.9 Å². The number of benzene rings is 6. The number of rotatable bonds is 17. The van der Waals surface area contributed by atoms with Crippen LogP contribution < -0.4 is 62.1 Å². The third-order valence-electron chi connectivity index (χ3n) is 11.6. The van der Waals surface area contributed by atoms with E-state index in [0.717, 1.165) is 54.2 Å². The SMILES string of the molecule is CCc1ccc(Oc2ccc(C(C)(C)c3ccc(Oc4ccc(C)c(S(=O)[O-])c4)cc3)cc2)cc1C([O-])(c1ccc(N(CC)CC)cc1)c1ccc(N(CC)CC)cc1.[Li+].[Li+]. The minimum absolute atomic E-state index is 0. The van der Waals surface area contributed by atoms with Crippen LogP contribution in [0.3, 0.4) is 0 Å². The van der Waals surface area contributed by atoms with Crippen LogP contribution in [0.5, 0.6) is 23.0 Å². The molecule has 0 aromatic heterocycles. The summed E-state index contributed by atoms with van der Waals surface area (Å²) in [6.45, 7) is 20.3. The summed E-state index contributed by atoms with van der Waals surface area (Å²) in [5, 5.41) is 15.9. The third-order valence-corrected chi connectivity index (χ3v) is 12.4. The Balaban J connectivity index is 0.00000410. The quantitative estimate of drug-likeness (QED) is 0.0723. The van der Waals surface area contributed by atoms with E-state index in [0.29, 0.717) is 51.7 Å². The van der Waals surface area contributed by atoms with E-state index in [1.165, 1.54) is 6.07 Å². The van der Waals surface area contributed by atoms with Crippen LogP contribution in [-0.2, 0) is 28.5 Å². The van der Waals surface area contributed by atoms with Crippen molar-refractivity contribution in [3.63, 3.8) is 0 Å². The Morgan fingerprint density at radius 2 is 0.918 bits per heavy atom. The van der Waals surface area contributed by atoms with Gasteiger partial charge in [0.25, 0.3) is 0 Å². The van der Waals surface area contributed by atoms with Gasteiger partial charge in [-0.05, 0) is 169 Å². The standard InChI is InChI=1S/C51H57N2O5S.2Li/c1-9-37-15-29-46(34-48(37)51(54,40-16-24-42(25-17-40)52(10-2)11-3)41-18-26-43(27-19-41)53(12-4)13-5)57-44-30-20-38(21-31-44)50(7,8)39-22-32-45(33-23-39)58-47-28-14-36(6)49(35-47)59(55)56;;/h14-35H,9-13H2,1-8H3,(H,55,56);;/q-1;2*+1/p-1. The molecule has 61 heavy (non-hydrogen) atoms. The van der Waals surface area contributed by atoms with Crippen molar-refractivity contribution in [1.29, 1.82) is 0 Å². The molecule has 0 aliphatic carbocycles. The number of aryl methyl sites for hydroxylation is 2. The van der Waals surface area contributed by atoms with Gasteiger partial charge in [0.1, 0.15) is 23.0 Å². The molecule has 0 N–H and O–H groups in total. The molecule has 0 aliphatic rings. The van der Waals surface area contributed by atoms with Gasteiger partial charge in [0.2, 0.25) is 0 Å². The summed E-state index contributed by atoms with van der Waals surface area (Å²) in [5.74, 6) is 2.35. The molecule has 6 aromatic rings. The van der Waals surface area contributed by atoms with Crippen molar-refractivity contribution in [2.45, 2.75) is 77.7 Å². The summed E-state index contributed by atoms with van der Waals surface area (Å²) >= 11 is -2.34. The zero-order valence-electron chi connectivity index (χ0n) is 37.6. The number of hydrogen-bond donors (Lipinski definition) is 0. The molecule has 0 saturated heterocycles. The Kier molecular flexibility index (Phi) is 17.6. The number of nitrogens with zero attached hydrogens (tertiary/aromatic N) is 2. The first-order valence-corrected chi connectivity index (χ1v) is 21.7. The number of hydrogen-bond acceptors (Lipinski definition) is 7. The van der Waals surface area contributed by atoms with Gasteiger partial charge in [-0.25, -0.2) is 0 Å². The molecule has 0 radical (unpaired) electrons. The van der Waals surface area contributed by atoms with Crippen molar-refractivity contribution >= 4 is 22.5 Å². The van der Waals surface area contributed by atoms with E-state index < -0.39 is 16.7 Å². The van der Waals surface area contributed by atoms with Crippen molar-refractivity contribution in [2.24, 2.45) is 0 Å². The molecule has 0 saturated carbocycles. The van der Waals surface area contributed by atoms with Gasteiger partial charge in [-0.3, -0.25) is 4.21 Å². The maximum Gasteiger partial charge on any atom is 1.00 e. The Bertz CT molecular complexity index is 2290. The van der Waals surface area contributed by atoms with Crippen LogP contribution in [0.4, 0.5) is 11.4 Å². The van der Waals surface area contributed by atoms with Crippen molar-refractivity contribution in [3.8, 4) is 23.0 Å². The molecule has 0 bridgehead atoms. The molecule has 308 valence electrons. The smallest absolute Gasteiger partial charge is 0.839 e. The Labute approximate surface area is 390 Å². The first-order chi connectivity index (χ1) is 28.3. The van der Waals surface area contributed by atoms with Crippen molar-refractivity contribution in [3.05, 3.63) is 172 Å². The van der Waals surface area contributed by atoms with Crippen LogP contribution in [0, 0.1) is 6.92 Å². The molecule has 6 aromatic carbocycles. The molecule has 1 atom stereocenters. The molecular formula is C51H56Li2N2O5S. The first kappa shape index (κ1) is 49.4. The van der Waals surface area contributed by atoms with Crippen LogP contribution in [0.2, 0.25) is 0 Å². The zero-order valence-corrected chi connectivity index (χ0v) is 38.4. The van der Waals surface area contributed by atoms with Gasteiger partial charge in [0.15, 0.2) is 0 Å². The Morgan fingerprint density at radius 3 is 1.31 bits per heavy atom. The Hall–Kier alpha value is -4.22. The van der Waals surface area contributed by atoms with Gasteiger partial charge in [-0.2, -0.15) is 0 Å². The maximum absolute atomic E-state index is 15.9. The van der Waals surface area contributed by atoms with Gasteiger partial charge >= 0.3 is 37.7 Å². The van der Waals surface area contributed by atoms with Crippen molar-refractivity contribution in [1.82, 2.24) is 0 Å². The molecule has 1 unspecified atom stereocenters. The molecular weight excluding hydrogens is 767 g/mol. The maximum atomic E-state index is 15.9. The fourth-order valence-corrected chi connectivity index (χ4v) is 8.41. The van der Waals surface area contributed by atoms with Crippen LogP contribution in [0.1, 0.15) is 87.4 Å². The molecule has 10 heteroatoms. The average Bonchev–Trinajstić information content (AvgIpc) is 3.25. The van der Waals surface area contributed by atoms with Gasteiger partial charge in [0, 0.05) is 47.9 Å². The van der Waals surface area contributed by atoms with Gasteiger partial charge in [-0.1, -0.05) is 81.4 Å². The van der Waals surface area contributed by atoms with Crippen LogP contribution in [0.15, 0.2) is 138 Å². The van der Waals surface area contributed by atoms with Crippen LogP contribution in [0.25, 0.3) is 0 Å². The second kappa shape index (κ2) is 21.7. The zero-order chi connectivity index (χ0) is 42.3. The fourth-order valence-electron chi connectivity index (χ4n) is 7.87. The predicted molar refractivity (Wildman–Crippen MR) is 239 cm³/mol. The van der Waals surface area contributed by atoms with E-state index in [1.807, 2.05) is 78.9 Å². The van der Waals surface area contributed by atoms with Crippen LogP contribution in [-0.4, -0.2) is 34.9 Å². The second-order valence-electron chi connectivity index (χ2n) is 15.3. The number of ether oxygens (including phenoxy) is 2. The summed E-state index contributed by atoms with van der Waals surface area (Å²) in [4.78, 5) is 4.79. The molecule has 0 heterocycles.